The molecule has 0 unspecified atom stereocenters. The molecule has 0 radical (unpaired) electrons. The van der Waals surface area contributed by atoms with E-state index in [1.54, 1.807) is 11.8 Å². The Kier molecular flexibility index (Phi) is 5.74. The number of hydrogen-bond donors (Lipinski definition) is 2. The molecule has 5 heteroatoms. The van der Waals surface area contributed by atoms with Crippen LogP contribution in [0.2, 0.25) is 0 Å². The SMILES string of the molecule is CCSc1cccc(N(C)CCO)c1C(N)=S. The first-order valence-corrected chi connectivity index (χ1v) is 6.88. The van der Waals surface area contributed by atoms with Gasteiger partial charge in [0, 0.05) is 29.7 Å². The van der Waals surface area contributed by atoms with E-state index in [1.807, 2.05) is 30.1 Å². The Morgan fingerprint density at radius 2 is 2.24 bits per heavy atom. The summed E-state index contributed by atoms with van der Waals surface area (Å²) < 4.78 is 0. The van der Waals surface area contributed by atoms with Crippen LogP contribution in [0.5, 0.6) is 0 Å². The van der Waals surface area contributed by atoms with Gasteiger partial charge in [0.2, 0.25) is 0 Å². The molecule has 0 aliphatic carbocycles. The van der Waals surface area contributed by atoms with Crippen molar-refractivity contribution in [3.8, 4) is 0 Å². The summed E-state index contributed by atoms with van der Waals surface area (Å²) in [5, 5.41) is 8.99. The summed E-state index contributed by atoms with van der Waals surface area (Å²) in [5.74, 6) is 0.975. The molecule has 0 bridgehead atoms. The van der Waals surface area contributed by atoms with Crippen LogP contribution in [-0.4, -0.2) is 36.0 Å². The number of anilines is 1. The number of nitrogens with two attached hydrogens (primary N) is 1. The van der Waals surface area contributed by atoms with Crippen molar-refractivity contribution >= 4 is 34.7 Å². The number of aliphatic hydroxyl groups excluding tert-OH is 1. The normalized spacial score (nSPS) is 10.3. The van der Waals surface area contributed by atoms with Crippen molar-refractivity contribution in [2.45, 2.75) is 11.8 Å². The lowest BCUT2D eigenvalue weighted by Crippen LogP contribution is -2.25. The average molecular weight is 270 g/mol. The summed E-state index contributed by atoms with van der Waals surface area (Å²) in [4.78, 5) is 3.47. The Balaban J connectivity index is 3.19. The van der Waals surface area contributed by atoms with E-state index in [9.17, 15) is 0 Å². The maximum Gasteiger partial charge on any atom is 0.107 e. The van der Waals surface area contributed by atoms with E-state index in [-0.39, 0.29) is 6.61 Å². The Morgan fingerprint density at radius 1 is 1.53 bits per heavy atom. The van der Waals surface area contributed by atoms with Crippen LogP contribution in [0.4, 0.5) is 5.69 Å². The van der Waals surface area contributed by atoms with Gasteiger partial charge < -0.3 is 15.7 Å². The fourth-order valence-corrected chi connectivity index (χ4v) is 2.76. The molecule has 0 atom stereocenters. The predicted octanol–water partition coefficient (Wildman–Crippen LogP) is 1.86. The van der Waals surface area contributed by atoms with Crippen LogP contribution >= 0.6 is 24.0 Å². The van der Waals surface area contributed by atoms with Gasteiger partial charge in [0.05, 0.1) is 6.61 Å². The molecule has 17 heavy (non-hydrogen) atoms. The molecule has 3 N–H and O–H groups in total. The van der Waals surface area contributed by atoms with Gasteiger partial charge in [-0.1, -0.05) is 25.2 Å². The molecule has 0 spiro atoms. The first-order chi connectivity index (χ1) is 8.11. The minimum atomic E-state index is 0.110. The van der Waals surface area contributed by atoms with Crippen LogP contribution in [0, 0.1) is 0 Å². The third-order valence-corrected chi connectivity index (χ3v) is 3.54. The van der Waals surface area contributed by atoms with Crippen molar-refractivity contribution in [3.63, 3.8) is 0 Å². The van der Waals surface area contributed by atoms with Gasteiger partial charge in [-0.3, -0.25) is 0 Å². The van der Waals surface area contributed by atoms with E-state index in [0.717, 1.165) is 21.9 Å². The van der Waals surface area contributed by atoms with Gasteiger partial charge in [-0.2, -0.15) is 0 Å². The smallest absolute Gasteiger partial charge is 0.107 e. The van der Waals surface area contributed by atoms with Gasteiger partial charge in [-0.25, -0.2) is 0 Å². The zero-order chi connectivity index (χ0) is 12.8. The lowest BCUT2D eigenvalue weighted by Gasteiger charge is -2.22. The molecule has 0 heterocycles. The minimum Gasteiger partial charge on any atom is -0.395 e. The monoisotopic (exact) mass is 270 g/mol. The lowest BCUT2D eigenvalue weighted by atomic mass is 10.1. The molecule has 0 fully saturated rings. The second-order valence-electron chi connectivity index (χ2n) is 3.59. The second kappa shape index (κ2) is 6.83. The van der Waals surface area contributed by atoms with Crippen molar-refractivity contribution < 1.29 is 5.11 Å². The van der Waals surface area contributed by atoms with E-state index < -0.39 is 0 Å². The van der Waals surface area contributed by atoms with Crippen molar-refractivity contribution in [2.24, 2.45) is 5.73 Å². The maximum absolute atomic E-state index is 8.99. The quantitative estimate of drug-likeness (QED) is 0.610. The van der Waals surface area contributed by atoms with Crippen LogP contribution in [0.3, 0.4) is 0 Å². The third-order valence-electron chi connectivity index (χ3n) is 2.40. The highest BCUT2D eigenvalue weighted by Gasteiger charge is 2.13. The molecule has 0 aliphatic rings. The number of aliphatic hydroxyl groups is 1. The predicted molar refractivity (Wildman–Crippen MR) is 79.1 cm³/mol. The number of likely N-dealkylation sites (N-methyl/N-ethyl adjacent to an activating group) is 1. The van der Waals surface area contributed by atoms with E-state index >= 15 is 0 Å². The van der Waals surface area contributed by atoms with Gasteiger partial charge in [-0.05, 0) is 17.9 Å². The Hall–Kier alpha value is -0.780. The zero-order valence-electron chi connectivity index (χ0n) is 10.1. The van der Waals surface area contributed by atoms with E-state index in [4.69, 9.17) is 23.1 Å². The first kappa shape index (κ1) is 14.3. The summed E-state index contributed by atoms with van der Waals surface area (Å²) in [7, 11) is 1.92. The van der Waals surface area contributed by atoms with Crippen LogP contribution in [0.25, 0.3) is 0 Å². The molecule has 0 saturated heterocycles. The van der Waals surface area contributed by atoms with Crippen LogP contribution in [0.1, 0.15) is 12.5 Å². The molecule has 0 aromatic heterocycles. The number of benzene rings is 1. The summed E-state index contributed by atoms with van der Waals surface area (Å²) in [6.45, 7) is 2.77. The molecular formula is C12H18N2OS2. The first-order valence-electron chi connectivity index (χ1n) is 5.49. The highest BCUT2D eigenvalue weighted by molar-refractivity contribution is 7.99. The summed E-state index contributed by atoms with van der Waals surface area (Å²) in [5.41, 5.74) is 7.69. The molecule has 1 aromatic rings. The van der Waals surface area contributed by atoms with Gasteiger partial charge in [-0.15, -0.1) is 11.8 Å². The van der Waals surface area contributed by atoms with E-state index in [0.29, 0.717) is 11.5 Å². The van der Waals surface area contributed by atoms with Gasteiger partial charge in [0.25, 0.3) is 0 Å². The number of thioether (sulfide) groups is 1. The molecule has 0 saturated carbocycles. The van der Waals surface area contributed by atoms with Crippen molar-refractivity contribution in [1.82, 2.24) is 0 Å². The number of nitrogens with zero attached hydrogens (tertiary/aromatic N) is 1. The minimum absolute atomic E-state index is 0.110. The molecule has 1 rings (SSSR count). The molecule has 94 valence electrons. The summed E-state index contributed by atoms with van der Waals surface area (Å²) >= 11 is 6.85. The topological polar surface area (TPSA) is 49.5 Å². The molecule has 0 amide bonds. The van der Waals surface area contributed by atoms with Gasteiger partial charge in [0.15, 0.2) is 0 Å². The van der Waals surface area contributed by atoms with E-state index in [2.05, 4.69) is 6.92 Å². The van der Waals surface area contributed by atoms with Gasteiger partial charge in [0.1, 0.15) is 4.99 Å². The molecule has 1 aromatic carbocycles. The number of thiocarbonyl (C=S) groups is 1. The number of rotatable bonds is 6. The maximum atomic E-state index is 8.99. The second-order valence-corrected chi connectivity index (χ2v) is 5.34. The Bertz CT molecular complexity index is 396. The fraction of sp³-hybridized carbons (Fsp3) is 0.417. The molecule has 0 aliphatic heterocycles. The summed E-state index contributed by atoms with van der Waals surface area (Å²) in [6, 6.07) is 5.99. The largest absolute Gasteiger partial charge is 0.395 e. The number of hydrogen-bond acceptors (Lipinski definition) is 4. The van der Waals surface area contributed by atoms with E-state index in [1.165, 1.54) is 0 Å². The Labute approximate surface area is 112 Å². The third kappa shape index (κ3) is 3.59. The van der Waals surface area contributed by atoms with Crippen LogP contribution in [0.15, 0.2) is 23.1 Å². The van der Waals surface area contributed by atoms with Crippen LogP contribution < -0.4 is 10.6 Å². The molecular weight excluding hydrogens is 252 g/mol. The Morgan fingerprint density at radius 3 is 2.76 bits per heavy atom. The highest BCUT2D eigenvalue weighted by atomic mass is 32.2. The van der Waals surface area contributed by atoms with Crippen LogP contribution in [-0.2, 0) is 0 Å². The van der Waals surface area contributed by atoms with Crippen molar-refractivity contribution in [1.29, 1.82) is 0 Å². The molecule has 3 nitrogen and oxygen atoms in total. The standard InChI is InChI=1S/C12H18N2OS2/c1-3-17-10-6-4-5-9(11(10)12(13)16)14(2)7-8-15/h4-6,15H,3,7-8H2,1-2H3,(H2,13,16). The lowest BCUT2D eigenvalue weighted by molar-refractivity contribution is 0.304. The zero-order valence-corrected chi connectivity index (χ0v) is 11.8. The highest BCUT2D eigenvalue weighted by Crippen LogP contribution is 2.30. The van der Waals surface area contributed by atoms with Crippen molar-refractivity contribution in [3.05, 3.63) is 23.8 Å². The van der Waals surface area contributed by atoms with Crippen molar-refractivity contribution in [2.75, 3.05) is 30.9 Å². The summed E-state index contributed by atoms with van der Waals surface area (Å²) in [6.07, 6.45) is 0. The average Bonchev–Trinajstić information content (AvgIpc) is 2.29. The van der Waals surface area contributed by atoms with Gasteiger partial charge >= 0.3 is 0 Å². The fourth-order valence-electron chi connectivity index (χ4n) is 1.63.